The van der Waals surface area contributed by atoms with Gasteiger partial charge in [-0.1, -0.05) is 23.7 Å². The van der Waals surface area contributed by atoms with Gasteiger partial charge < -0.3 is 4.90 Å². The third kappa shape index (κ3) is 2.81. The number of nitrogens with one attached hydrogen (secondary N) is 1. The van der Waals surface area contributed by atoms with Crippen molar-refractivity contribution in [3.05, 3.63) is 46.1 Å². The number of rotatable bonds is 2. The molecule has 1 aromatic carbocycles. The Kier molecular flexibility index (Phi) is 3.53. The fourth-order valence-corrected chi connectivity index (χ4v) is 3.52. The number of carbonyl (C=O) groups is 1. The first kappa shape index (κ1) is 14.6. The van der Waals surface area contributed by atoms with Gasteiger partial charge in [-0.05, 0) is 36.5 Å². The van der Waals surface area contributed by atoms with E-state index in [1.54, 1.807) is 0 Å². The normalized spacial score (nSPS) is 17.0. The minimum absolute atomic E-state index is 0.101. The minimum Gasteiger partial charge on any atom is -0.320 e. The molecule has 4 rings (SSSR count). The van der Waals surface area contributed by atoms with E-state index < -0.39 is 0 Å². The van der Waals surface area contributed by atoms with Crippen LogP contribution < -0.4 is 5.32 Å². The lowest BCUT2D eigenvalue weighted by Crippen LogP contribution is -2.39. The number of nitrogens with zero attached hydrogens (tertiary/aromatic N) is 3. The Morgan fingerprint density at radius 1 is 1.39 bits per heavy atom. The van der Waals surface area contributed by atoms with Crippen molar-refractivity contribution in [1.29, 1.82) is 0 Å². The van der Waals surface area contributed by atoms with Gasteiger partial charge in [0.1, 0.15) is 0 Å². The zero-order chi connectivity index (χ0) is 16.0. The van der Waals surface area contributed by atoms with E-state index in [2.05, 4.69) is 10.4 Å². The maximum Gasteiger partial charge on any atom is 0.323 e. The number of hydrogen-bond acceptors (Lipinski definition) is 2. The molecule has 5 nitrogen and oxygen atoms in total. The number of anilines is 1. The molecule has 1 aromatic heterocycles. The number of hydrogen-bond donors (Lipinski definition) is 1. The number of fused-ring (bicyclic) bond motifs is 1. The average Bonchev–Trinajstić information content (AvgIpc) is 3.31. The van der Waals surface area contributed by atoms with E-state index in [0.717, 1.165) is 22.6 Å². The van der Waals surface area contributed by atoms with E-state index in [9.17, 15) is 4.79 Å². The predicted octanol–water partition coefficient (Wildman–Crippen LogP) is 3.54. The van der Waals surface area contributed by atoms with Crippen LogP contribution in [0.25, 0.3) is 0 Å². The Morgan fingerprint density at radius 2 is 2.22 bits per heavy atom. The molecule has 1 N–H and O–H groups in total. The maximum atomic E-state index is 12.5. The number of amides is 2. The first-order valence-electron chi connectivity index (χ1n) is 7.98. The molecular weight excluding hydrogens is 312 g/mol. The lowest BCUT2D eigenvalue weighted by molar-refractivity contribution is 0.206. The molecule has 1 fully saturated rings. The van der Waals surface area contributed by atoms with Crippen LogP contribution in [0.1, 0.15) is 35.6 Å². The number of halogens is 1. The SMILES string of the molecule is Cn1nc(NC(=O)N2CCc3c(Cl)cccc3C2)cc1C1CC1. The van der Waals surface area contributed by atoms with Crippen molar-refractivity contribution in [1.82, 2.24) is 14.7 Å². The molecule has 1 saturated carbocycles. The minimum atomic E-state index is -0.101. The quantitative estimate of drug-likeness (QED) is 0.915. The molecule has 23 heavy (non-hydrogen) atoms. The molecule has 0 atom stereocenters. The predicted molar refractivity (Wildman–Crippen MR) is 89.8 cm³/mol. The smallest absolute Gasteiger partial charge is 0.320 e. The van der Waals surface area contributed by atoms with Crippen LogP contribution in [0.5, 0.6) is 0 Å². The molecule has 2 aromatic rings. The lowest BCUT2D eigenvalue weighted by atomic mass is 10.00. The van der Waals surface area contributed by atoms with Gasteiger partial charge in [0, 0.05) is 42.8 Å². The first-order chi connectivity index (χ1) is 11.1. The fourth-order valence-electron chi connectivity index (χ4n) is 3.23. The molecule has 2 aliphatic rings. The van der Waals surface area contributed by atoms with Crippen LogP contribution in [0.2, 0.25) is 5.02 Å². The molecule has 6 heteroatoms. The molecule has 2 amide bonds. The fraction of sp³-hybridized carbons (Fsp3) is 0.412. The second-order valence-corrected chi connectivity index (χ2v) is 6.74. The number of benzene rings is 1. The largest absolute Gasteiger partial charge is 0.323 e. The van der Waals surface area contributed by atoms with Gasteiger partial charge in [-0.2, -0.15) is 5.10 Å². The third-order valence-electron chi connectivity index (χ3n) is 4.64. The average molecular weight is 331 g/mol. The Hall–Kier alpha value is -2.01. The summed E-state index contributed by atoms with van der Waals surface area (Å²) in [5.41, 5.74) is 3.49. The van der Waals surface area contributed by atoms with Gasteiger partial charge in [-0.25, -0.2) is 4.79 Å². The van der Waals surface area contributed by atoms with Crippen molar-refractivity contribution < 1.29 is 4.79 Å². The summed E-state index contributed by atoms with van der Waals surface area (Å²) in [5, 5.41) is 8.12. The van der Waals surface area contributed by atoms with Gasteiger partial charge in [0.15, 0.2) is 5.82 Å². The van der Waals surface area contributed by atoms with E-state index >= 15 is 0 Å². The van der Waals surface area contributed by atoms with Crippen molar-refractivity contribution in [3.8, 4) is 0 Å². The molecule has 0 radical (unpaired) electrons. The van der Waals surface area contributed by atoms with E-state index in [4.69, 9.17) is 11.6 Å². The summed E-state index contributed by atoms with van der Waals surface area (Å²) < 4.78 is 1.87. The van der Waals surface area contributed by atoms with Crippen molar-refractivity contribution in [2.75, 3.05) is 11.9 Å². The highest BCUT2D eigenvalue weighted by atomic mass is 35.5. The highest BCUT2D eigenvalue weighted by molar-refractivity contribution is 6.31. The van der Waals surface area contributed by atoms with Crippen LogP contribution >= 0.6 is 11.6 Å². The van der Waals surface area contributed by atoms with Gasteiger partial charge >= 0.3 is 6.03 Å². The summed E-state index contributed by atoms with van der Waals surface area (Å²) in [7, 11) is 1.93. The first-order valence-corrected chi connectivity index (χ1v) is 8.36. The van der Waals surface area contributed by atoms with Crippen LogP contribution in [0.3, 0.4) is 0 Å². The van der Waals surface area contributed by atoms with Crippen LogP contribution in [0, 0.1) is 0 Å². The Morgan fingerprint density at radius 3 is 3.00 bits per heavy atom. The number of aromatic nitrogens is 2. The molecule has 1 aliphatic heterocycles. The summed E-state index contributed by atoms with van der Waals surface area (Å²) in [6.45, 7) is 1.26. The maximum absolute atomic E-state index is 12.5. The van der Waals surface area contributed by atoms with Gasteiger partial charge in [0.05, 0.1) is 0 Å². The van der Waals surface area contributed by atoms with Gasteiger partial charge in [-0.3, -0.25) is 10.00 Å². The summed E-state index contributed by atoms with van der Waals surface area (Å²) in [4.78, 5) is 14.3. The van der Waals surface area contributed by atoms with Crippen LogP contribution in [0.4, 0.5) is 10.6 Å². The van der Waals surface area contributed by atoms with Crippen molar-refractivity contribution in [3.63, 3.8) is 0 Å². The molecule has 2 heterocycles. The van der Waals surface area contributed by atoms with Crippen LogP contribution in [-0.4, -0.2) is 27.3 Å². The van der Waals surface area contributed by atoms with Gasteiger partial charge in [-0.15, -0.1) is 0 Å². The van der Waals surface area contributed by atoms with Gasteiger partial charge in [0.2, 0.25) is 0 Å². The summed E-state index contributed by atoms with van der Waals surface area (Å²) in [5.74, 6) is 1.25. The molecule has 0 spiro atoms. The molecular formula is C17H19ClN4O. The van der Waals surface area contributed by atoms with Gasteiger partial charge in [0.25, 0.3) is 0 Å². The lowest BCUT2D eigenvalue weighted by Gasteiger charge is -2.29. The monoisotopic (exact) mass is 330 g/mol. The second-order valence-electron chi connectivity index (χ2n) is 6.33. The summed E-state index contributed by atoms with van der Waals surface area (Å²) >= 11 is 6.22. The highest BCUT2D eigenvalue weighted by Crippen LogP contribution is 2.40. The van der Waals surface area contributed by atoms with E-state index in [1.807, 2.05) is 40.9 Å². The molecule has 1 aliphatic carbocycles. The molecule has 0 unspecified atom stereocenters. The van der Waals surface area contributed by atoms with E-state index in [1.165, 1.54) is 18.5 Å². The van der Waals surface area contributed by atoms with E-state index in [-0.39, 0.29) is 6.03 Å². The standard InChI is InChI=1S/C17H19ClN4O/c1-21-15(11-5-6-11)9-16(20-21)19-17(23)22-8-7-13-12(10-22)3-2-4-14(13)18/h2-4,9,11H,5-8,10H2,1H3,(H,19,20,23). The molecule has 0 saturated heterocycles. The van der Waals surface area contributed by atoms with Crippen LogP contribution in [-0.2, 0) is 20.0 Å². The van der Waals surface area contributed by atoms with Crippen molar-refractivity contribution in [2.24, 2.45) is 7.05 Å². The Balaban J connectivity index is 1.46. The van der Waals surface area contributed by atoms with Crippen LogP contribution in [0.15, 0.2) is 24.3 Å². The molecule has 120 valence electrons. The topological polar surface area (TPSA) is 50.2 Å². The van der Waals surface area contributed by atoms with Crippen molar-refractivity contribution >= 4 is 23.4 Å². The van der Waals surface area contributed by atoms with Crippen molar-refractivity contribution in [2.45, 2.75) is 31.7 Å². The zero-order valence-electron chi connectivity index (χ0n) is 13.1. The van der Waals surface area contributed by atoms with E-state index in [0.29, 0.717) is 24.8 Å². The summed E-state index contributed by atoms with van der Waals surface area (Å²) in [6.07, 6.45) is 3.23. The number of urea groups is 1. The highest BCUT2D eigenvalue weighted by Gasteiger charge is 2.28. The summed E-state index contributed by atoms with van der Waals surface area (Å²) in [6, 6.07) is 7.76. The molecule has 0 bridgehead atoms. The Bertz CT molecular complexity index is 766. The zero-order valence-corrected chi connectivity index (χ0v) is 13.8. The Labute approximate surface area is 140 Å². The third-order valence-corrected chi connectivity index (χ3v) is 5.00. The number of carbonyl (C=O) groups excluding carboxylic acids is 1. The second kappa shape index (κ2) is 5.57. The number of aryl methyl sites for hydroxylation is 1.